The van der Waals surface area contributed by atoms with Crippen molar-refractivity contribution in [3.63, 3.8) is 0 Å². The van der Waals surface area contributed by atoms with Crippen molar-refractivity contribution in [2.24, 2.45) is 5.92 Å². The summed E-state index contributed by atoms with van der Waals surface area (Å²) in [6, 6.07) is 9.36. The number of likely N-dealkylation sites (N-methyl/N-ethyl adjacent to an activating group) is 1. The Morgan fingerprint density at radius 3 is 2.89 bits per heavy atom. The summed E-state index contributed by atoms with van der Waals surface area (Å²) in [7, 11) is 1.90. The molecule has 5 nitrogen and oxygen atoms in total. The molecule has 7 heteroatoms. The molecule has 2 fully saturated rings. The molecule has 1 saturated heterocycles. The first-order valence-electron chi connectivity index (χ1n) is 12.4. The summed E-state index contributed by atoms with van der Waals surface area (Å²) in [6.07, 6.45) is 5.85. The summed E-state index contributed by atoms with van der Waals surface area (Å²) >= 11 is 12.2. The van der Waals surface area contributed by atoms with Gasteiger partial charge in [-0.1, -0.05) is 35.3 Å². The molecular formula is C28H30Cl2N2O3. The standard InChI is InChI=1S/C28H30Cl2N2O3/c1-3-11-32-12-10-28-18-5-7-21(31(2)25(34)14-16-4-6-19(29)20(30)13-16)27(28)35-24-9-8-23(33)17(26(24)28)15-22(18)32/h3-4,6,8-9,13,18,21-22,27,33H,1,5,7,10-12,14-15H2,2H3/t18-,21+,22+,27-,28-/m0/s1. The van der Waals surface area contributed by atoms with E-state index in [-0.39, 0.29) is 29.9 Å². The van der Waals surface area contributed by atoms with Crippen molar-refractivity contribution < 1.29 is 14.6 Å². The topological polar surface area (TPSA) is 53.0 Å². The van der Waals surface area contributed by atoms with Crippen LogP contribution < -0.4 is 4.74 Å². The van der Waals surface area contributed by atoms with Gasteiger partial charge in [-0.2, -0.15) is 0 Å². The van der Waals surface area contributed by atoms with Crippen LogP contribution in [0.1, 0.15) is 36.0 Å². The number of ether oxygens (including phenoxy) is 1. The van der Waals surface area contributed by atoms with Crippen molar-refractivity contribution in [1.82, 2.24) is 9.80 Å². The summed E-state index contributed by atoms with van der Waals surface area (Å²) in [5.74, 6) is 1.73. The third kappa shape index (κ3) is 3.35. The molecule has 2 aliphatic carbocycles. The van der Waals surface area contributed by atoms with Crippen molar-refractivity contribution in [3.8, 4) is 11.5 Å². The minimum Gasteiger partial charge on any atom is -0.508 e. The van der Waals surface area contributed by atoms with E-state index in [1.165, 1.54) is 5.56 Å². The van der Waals surface area contributed by atoms with Crippen LogP contribution in [-0.2, 0) is 23.1 Å². The highest BCUT2D eigenvalue weighted by atomic mass is 35.5. The Labute approximate surface area is 216 Å². The maximum atomic E-state index is 13.4. The third-order valence-corrected chi connectivity index (χ3v) is 9.75. The first-order valence-corrected chi connectivity index (χ1v) is 13.2. The van der Waals surface area contributed by atoms with E-state index in [1.807, 2.05) is 30.2 Å². The number of piperidine rings is 1. The van der Waals surface area contributed by atoms with E-state index in [2.05, 4.69) is 11.5 Å². The molecule has 0 aromatic heterocycles. The van der Waals surface area contributed by atoms with Crippen LogP contribution >= 0.6 is 23.2 Å². The average molecular weight is 513 g/mol. The monoisotopic (exact) mass is 512 g/mol. The summed E-state index contributed by atoms with van der Waals surface area (Å²) in [4.78, 5) is 17.8. The zero-order valence-corrected chi connectivity index (χ0v) is 21.4. The van der Waals surface area contributed by atoms with Gasteiger partial charge < -0.3 is 14.7 Å². The number of aromatic hydroxyl groups is 1. The number of likely N-dealkylation sites (tertiary alicyclic amines) is 1. The lowest BCUT2D eigenvalue weighted by molar-refractivity contribution is -0.139. The molecule has 184 valence electrons. The molecule has 0 unspecified atom stereocenters. The molecule has 1 saturated carbocycles. The zero-order valence-electron chi connectivity index (χ0n) is 19.8. The Hall–Kier alpha value is -2.21. The molecule has 2 aromatic rings. The van der Waals surface area contributed by atoms with Gasteiger partial charge in [-0.3, -0.25) is 9.69 Å². The van der Waals surface area contributed by atoms with Crippen molar-refractivity contribution in [2.45, 2.75) is 55.7 Å². The van der Waals surface area contributed by atoms with Crippen molar-refractivity contribution in [2.75, 3.05) is 20.1 Å². The molecule has 2 bridgehead atoms. The maximum absolute atomic E-state index is 13.4. The lowest BCUT2D eigenvalue weighted by atomic mass is 9.51. The summed E-state index contributed by atoms with van der Waals surface area (Å²) in [5.41, 5.74) is 2.91. The van der Waals surface area contributed by atoms with Crippen LogP contribution in [-0.4, -0.2) is 59.1 Å². The molecule has 2 aliphatic heterocycles. The number of carbonyl (C=O) groups excluding carboxylic acids is 1. The maximum Gasteiger partial charge on any atom is 0.227 e. The molecule has 6 rings (SSSR count). The largest absolute Gasteiger partial charge is 0.508 e. The first kappa shape index (κ1) is 23.2. The van der Waals surface area contributed by atoms with E-state index in [1.54, 1.807) is 18.2 Å². The number of phenolic OH excluding ortho intramolecular Hbond substituents is 1. The lowest BCUT2D eigenvalue weighted by Crippen LogP contribution is -2.69. The fourth-order valence-corrected chi connectivity index (χ4v) is 7.85. The average Bonchev–Trinajstić information content (AvgIpc) is 3.17. The second-order valence-corrected chi connectivity index (χ2v) is 11.3. The van der Waals surface area contributed by atoms with Crippen LogP contribution in [0.2, 0.25) is 10.0 Å². The molecule has 4 aliphatic rings. The Balaban J connectivity index is 1.35. The van der Waals surface area contributed by atoms with Crippen molar-refractivity contribution in [3.05, 3.63) is 69.7 Å². The number of carbonyl (C=O) groups is 1. The van der Waals surface area contributed by atoms with Gasteiger partial charge in [-0.05, 0) is 68.0 Å². The van der Waals surface area contributed by atoms with Gasteiger partial charge in [0.15, 0.2) is 0 Å². The molecule has 1 N–H and O–H groups in total. The summed E-state index contributed by atoms with van der Waals surface area (Å²) in [6.45, 7) is 5.79. The number of phenols is 1. The highest BCUT2D eigenvalue weighted by Crippen LogP contribution is 2.63. The molecular weight excluding hydrogens is 483 g/mol. The van der Waals surface area contributed by atoms with Gasteiger partial charge in [-0.25, -0.2) is 0 Å². The predicted octanol–water partition coefficient (Wildman–Crippen LogP) is 4.99. The van der Waals surface area contributed by atoms with Gasteiger partial charge >= 0.3 is 0 Å². The molecule has 1 spiro atoms. The quantitative estimate of drug-likeness (QED) is 0.573. The smallest absolute Gasteiger partial charge is 0.227 e. The van der Waals surface area contributed by atoms with Crippen LogP contribution in [0.4, 0.5) is 0 Å². The summed E-state index contributed by atoms with van der Waals surface area (Å²) < 4.78 is 6.72. The molecule has 1 amide bonds. The van der Waals surface area contributed by atoms with Crippen LogP contribution in [0.3, 0.4) is 0 Å². The third-order valence-electron chi connectivity index (χ3n) is 9.01. The normalized spacial score (nSPS) is 30.4. The number of rotatable bonds is 5. The van der Waals surface area contributed by atoms with E-state index >= 15 is 0 Å². The van der Waals surface area contributed by atoms with E-state index < -0.39 is 0 Å². The van der Waals surface area contributed by atoms with Crippen LogP contribution in [0.25, 0.3) is 0 Å². The van der Waals surface area contributed by atoms with Crippen LogP contribution in [0.15, 0.2) is 43.0 Å². The van der Waals surface area contributed by atoms with Gasteiger partial charge in [0.1, 0.15) is 17.6 Å². The van der Waals surface area contributed by atoms with Crippen LogP contribution in [0.5, 0.6) is 11.5 Å². The fraction of sp³-hybridized carbons (Fsp3) is 0.464. The minimum atomic E-state index is -0.176. The number of benzene rings is 2. The zero-order chi connectivity index (χ0) is 24.5. The van der Waals surface area contributed by atoms with E-state index in [0.29, 0.717) is 27.8 Å². The van der Waals surface area contributed by atoms with E-state index in [9.17, 15) is 9.90 Å². The highest BCUT2D eigenvalue weighted by Gasteiger charge is 2.66. The molecule has 35 heavy (non-hydrogen) atoms. The van der Waals surface area contributed by atoms with Crippen LogP contribution in [0, 0.1) is 5.92 Å². The van der Waals surface area contributed by atoms with Crippen molar-refractivity contribution in [1.29, 1.82) is 0 Å². The number of nitrogens with zero attached hydrogens (tertiary/aromatic N) is 2. The van der Waals surface area contributed by atoms with E-state index in [0.717, 1.165) is 55.6 Å². The lowest BCUT2D eigenvalue weighted by Gasteiger charge is -2.60. The SMILES string of the molecule is C=CCN1CC[C@@]23c4c5ccc(O)c4C[C@@H]1[C@@H]2CC[C@@H](N(C)C(=O)Cc1ccc(Cl)c(Cl)c1)[C@@H]3O5. The van der Waals surface area contributed by atoms with Crippen molar-refractivity contribution >= 4 is 29.1 Å². The predicted molar refractivity (Wildman–Crippen MR) is 138 cm³/mol. The number of hydrogen-bond donors (Lipinski definition) is 1. The van der Waals surface area contributed by atoms with Gasteiger partial charge in [0.25, 0.3) is 0 Å². The number of halogens is 2. The number of hydrogen-bond acceptors (Lipinski definition) is 4. The number of amides is 1. The van der Waals surface area contributed by atoms with E-state index in [4.69, 9.17) is 27.9 Å². The van der Waals surface area contributed by atoms with Gasteiger partial charge in [0.2, 0.25) is 5.91 Å². The second kappa shape index (κ2) is 8.43. The Morgan fingerprint density at radius 2 is 2.11 bits per heavy atom. The van der Waals surface area contributed by atoms with Gasteiger partial charge in [-0.15, -0.1) is 6.58 Å². The Bertz CT molecular complexity index is 1220. The van der Waals surface area contributed by atoms with Gasteiger partial charge in [0.05, 0.1) is 22.5 Å². The second-order valence-electron chi connectivity index (χ2n) is 10.5. The summed E-state index contributed by atoms with van der Waals surface area (Å²) in [5, 5.41) is 11.8. The Kier molecular flexibility index (Phi) is 5.59. The first-order chi connectivity index (χ1) is 16.8. The molecule has 2 aromatic carbocycles. The molecule has 5 atom stereocenters. The molecule has 2 heterocycles. The van der Waals surface area contributed by atoms with Gasteiger partial charge in [0, 0.05) is 36.2 Å². The highest BCUT2D eigenvalue weighted by molar-refractivity contribution is 6.42. The minimum absolute atomic E-state index is 0.0337. The Morgan fingerprint density at radius 1 is 1.29 bits per heavy atom. The fourth-order valence-electron chi connectivity index (χ4n) is 7.53. The molecule has 0 radical (unpaired) electrons.